The third-order valence-electron chi connectivity index (χ3n) is 2.67. The van der Waals surface area contributed by atoms with Gasteiger partial charge >= 0.3 is 5.97 Å². The zero-order chi connectivity index (χ0) is 14.4. The van der Waals surface area contributed by atoms with Crippen molar-refractivity contribution in [2.75, 3.05) is 0 Å². The van der Waals surface area contributed by atoms with Crippen LogP contribution in [-0.4, -0.2) is 27.6 Å². The van der Waals surface area contributed by atoms with Gasteiger partial charge in [-0.05, 0) is 19.4 Å². The fourth-order valence-corrected chi connectivity index (χ4v) is 1.76. The third-order valence-corrected chi connectivity index (χ3v) is 2.67. The summed E-state index contributed by atoms with van der Waals surface area (Å²) in [7, 11) is 0. The van der Waals surface area contributed by atoms with E-state index < -0.39 is 11.5 Å². The van der Waals surface area contributed by atoms with Gasteiger partial charge < -0.3 is 15.0 Å². The molecule has 1 heterocycles. The number of nitrogens with zero attached hydrogens (tertiary/aromatic N) is 1. The third kappa shape index (κ3) is 4.57. The molecule has 1 aromatic heterocycles. The topological polar surface area (TPSA) is 88.4 Å². The van der Waals surface area contributed by atoms with Crippen molar-refractivity contribution in [2.45, 2.75) is 39.3 Å². The van der Waals surface area contributed by atoms with Gasteiger partial charge in [0.15, 0.2) is 0 Å². The fraction of sp³-hybridized carbons (Fsp3) is 0.462. The second kappa shape index (κ2) is 6.72. The minimum atomic E-state index is -1.13. The molecule has 6 heteroatoms. The van der Waals surface area contributed by atoms with Crippen molar-refractivity contribution in [3.63, 3.8) is 0 Å². The predicted molar refractivity (Wildman–Crippen MR) is 70.2 cm³/mol. The number of carboxylic acid groups (broad SMARTS) is 1. The average molecular weight is 266 g/mol. The van der Waals surface area contributed by atoms with Crippen molar-refractivity contribution < 1.29 is 14.7 Å². The Morgan fingerprint density at radius 2 is 2.11 bits per heavy atom. The molecule has 2 N–H and O–H groups in total. The second-order valence-electron chi connectivity index (χ2n) is 4.45. The van der Waals surface area contributed by atoms with Gasteiger partial charge in [-0.1, -0.05) is 13.3 Å². The lowest BCUT2D eigenvalue weighted by Gasteiger charge is -2.13. The van der Waals surface area contributed by atoms with E-state index >= 15 is 0 Å². The van der Waals surface area contributed by atoms with Gasteiger partial charge in [-0.2, -0.15) is 0 Å². The Morgan fingerprint density at radius 1 is 1.42 bits per heavy atom. The number of aromatic carboxylic acids is 1. The average Bonchev–Trinajstić information content (AvgIpc) is 2.31. The number of pyridine rings is 1. The van der Waals surface area contributed by atoms with Crippen LogP contribution in [-0.2, 0) is 11.3 Å². The van der Waals surface area contributed by atoms with Crippen LogP contribution < -0.4 is 10.9 Å². The van der Waals surface area contributed by atoms with E-state index in [-0.39, 0.29) is 24.1 Å². The van der Waals surface area contributed by atoms with E-state index in [1.807, 2.05) is 13.8 Å². The molecule has 0 fully saturated rings. The highest BCUT2D eigenvalue weighted by molar-refractivity contribution is 5.87. The first-order valence-corrected chi connectivity index (χ1v) is 6.17. The van der Waals surface area contributed by atoms with Gasteiger partial charge in [0, 0.05) is 18.3 Å². The summed E-state index contributed by atoms with van der Waals surface area (Å²) in [6, 6.07) is 2.40. The van der Waals surface area contributed by atoms with Crippen molar-refractivity contribution in [3.8, 4) is 0 Å². The number of rotatable bonds is 6. The largest absolute Gasteiger partial charge is 0.478 e. The molecule has 0 saturated heterocycles. The van der Waals surface area contributed by atoms with Crippen molar-refractivity contribution in [1.82, 2.24) is 9.88 Å². The number of carbonyl (C=O) groups is 2. The van der Waals surface area contributed by atoms with Gasteiger partial charge in [0.1, 0.15) is 6.54 Å². The summed E-state index contributed by atoms with van der Waals surface area (Å²) in [6.45, 7) is 3.73. The smallest absolute Gasteiger partial charge is 0.337 e. The lowest BCUT2D eigenvalue weighted by molar-refractivity contribution is -0.122. The zero-order valence-electron chi connectivity index (χ0n) is 11.0. The normalized spacial score (nSPS) is 11.9. The molecule has 0 bridgehead atoms. The monoisotopic (exact) mass is 266 g/mol. The highest BCUT2D eigenvalue weighted by Gasteiger charge is 2.10. The van der Waals surface area contributed by atoms with Crippen LogP contribution in [0.4, 0.5) is 0 Å². The van der Waals surface area contributed by atoms with Gasteiger partial charge in [-0.15, -0.1) is 0 Å². The molecule has 6 nitrogen and oxygen atoms in total. The molecule has 104 valence electrons. The lowest BCUT2D eigenvalue weighted by Crippen LogP contribution is -2.37. The molecule has 1 rings (SSSR count). The van der Waals surface area contributed by atoms with Crippen LogP contribution in [0.5, 0.6) is 0 Å². The summed E-state index contributed by atoms with van der Waals surface area (Å²) >= 11 is 0. The first-order valence-electron chi connectivity index (χ1n) is 6.17. The summed E-state index contributed by atoms with van der Waals surface area (Å²) in [6.07, 6.45) is 2.99. The fourth-order valence-electron chi connectivity index (χ4n) is 1.76. The Hall–Kier alpha value is -2.11. The Balaban J connectivity index is 2.76. The quantitative estimate of drug-likeness (QED) is 0.799. The Bertz CT molecular complexity index is 522. The van der Waals surface area contributed by atoms with Gasteiger partial charge in [0.05, 0.1) is 5.56 Å². The van der Waals surface area contributed by atoms with E-state index in [1.54, 1.807) is 0 Å². The summed E-state index contributed by atoms with van der Waals surface area (Å²) in [4.78, 5) is 34.0. The van der Waals surface area contributed by atoms with Crippen LogP contribution in [0.1, 0.15) is 37.0 Å². The van der Waals surface area contributed by atoms with Crippen LogP contribution in [0.15, 0.2) is 23.1 Å². The molecular formula is C13H18N2O4. The molecular weight excluding hydrogens is 248 g/mol. The molecule has 0 aliphatic heterocycles. The number of hydrogen-bond donors (Lipinski definition) is 2. The standard InChI is InChI=1S/C13H18N2O4/c1-3-4-9(2)14-11(16)8-15-7-10(13(18)19)5-6-12(15)17/h5-7,9H,3-4,8H2,1-2H3,(H,14,16)(H,18,19). The van der Waals surface area contributed by atoms with E-state index in [4.69, 9.17) is 5.11 Å². The number of nitrogens with one attached hydrogen (secondary N) is 1. The Morgan fingerprint density at radius 3 is 2.68 bits per heavy atom. The Labute approximate surface area is 111 Å². The van der Waals surface area contributed by atoms with Gasteiger partial charge in [-0.25, -0.2) is 4.79 Å². The van der Waals surface area contributed by atoms with Crippen LogP contribution in [0, 0.1) is 0 Å². The predicted octanol–water partition coefficient (Wildman–Crippen LogP) is 0.851. The van der Waals surface area contributed by atoms with E-state index in [0.29, 0.717) is 0 Å². The number of hydrogen-bond acceptors (Lipinski definition) is 3. The van der Waals surface area contributed by atoms with Crippen molar-refractivity contribution >= 4 is 11.9 Å². The molecule has 0 aliphatic rings. The van der Waals surface area contributed by atoms with Crippen LogP contribution >= 0.6 is 0 Å². The number of carbonyl (C=O) groups excluding carboxylic acids is 1. The van der Waals surface area contributed by atoms with Crippen LogP contribution in [0.2, 0.25) is 0 Å². The van der Waals surface area contributed by atoms with E-state index in [0.717, 1.165) is 23.5 Å². The first kappa shape index (κ1) is 14.9. The van der Waals surface area contributed by atoms with Crippen molar-refractivity contribution in [3.05, 3.63) is 34.2 Å². The van der Waals surface area contributed by atoms with Crippen molar-refractivity contribution in [1.29, 1.82) is 0 Å². The lowest BCUT2D eigenvalue weighted by atomic mass is 10.2. The number of aromatic nitrogens is 1. The number of amides is 1. The molecule has 0 aliphatic carbocycles. The van der Waals surface area contributed by atoms with E-state index in [1.165, 1.54) is 12.3 Å². The molecule has 1 aromatic rings. The maximum Gasteiger partial charge on any atom is 0.337 e. The molecule has 19 heavy (non-hydrogen) atoms. The maximum absolute atomic E-state index is 11.7. The SMILES string of the molecule is CCCC(C)NC(=O)Cn1cc(C(=O)O)ccc1=O. The number of carboxylic acids is 1. The second-order valence-corrected chi connectivity index (χ2v) is 4.45. The van der Waals surface area contributed by atoms with E-state index in [9.17, 15) is 14.4 Å². The molecule has 1 atom stereocenters. The van der Waals surface area contributed by atoms with Crippen LogP contribution in [0.25, 0.3) is 0 Å². The molecule has 0 radical (unpaired) electrons. The maximum atomic E-state index is 11.7. The summed E-state index contributed by atoms with van der Waals surface area (Å²) in [5, 5.41) is 11.6. The van der Waals surface area contributed by atoms with Crippen molar-refractivity contribution in [2.24, 2.45) is 0 Å². The highest BCUT2D eigenvalue weighted by Crippen LogP contribution is 1.97. The summed E-state index contributed by atoms with van der Waals surface area (Å²) in [5.41, 5.74) is -0.419. The molecule has 0 aromatic carbocycles. The van der Waals surface area contributed by atoms with Gasteiger partial charge in [0.2, 0.25) is 5.91 Å². The van der Waals surface area contributed by atoms with E-state index in [2.05, 4.69) is 5.32 Å². The summed E-state index contributed by atoms with van der Waals surface area (Å²) in [5.74, 6) is -1.43. The van der Waals surface area contributed by atoms with Gasteiger partial charge in [0.25, 0.3) is 5.56 Å². The van der Waals surface area contributed by atoms with Gasteiger partial charge in [-0.3, -0.25) is 9.59 Å². The minimum absolute atomic E-state index is 0.0194. The molecule has 1 amide bonds. The highest BCUT2D eigenvalue weighted by atomic mass is 16.4. The molecule has 0 saturated carbocycles. The Kier molecular flexibility index (Phi) is 5.29. The van der Waals surface area contributed by atoms with Crippen LogP contribution in [0.3, 0.4) is 0 Å². The molecule has 1 unspecified atom stereocenters. The summed E-state index contributed by atoms with van der Waals surface area (Å²) < 4.78 is 1.09. The minimum Gasteiger partial charge on any atom is -0.478 e. The zero-order valence-corrected chi connectivity index (χ0v) is 11.0. The first-order chi connectivity index (χ1) is 8.93. The molecule has 0 spiro atoms.